The van der Waals surface area contributed by atoms with E-state index in [-0.39, 0.29) is 24.7 Å². The van der Waals surface area contributed by atoms with Gasteiger partial charge in [-0.2, -0.15) is 9.57 Å². The molecule has 154 valence electrons. The highest BCUT2D eigenvalue weighted by Crippen LogP contribution is 2.41. The Hall–Kier alpha value is -1.38. The van der Waals surface area contributed by atoms with E-state index in [4.69, 9.17) is 14.7 Å². The van der Waals surface area contributed by atoms with E-state index in [9.17, 15) is 17.2 Å². The van der Waals surface area contributed by atoms with Gasteiger partial charge in [0, 0.05) is 44.0 Å². The third-order valence-electron chi connectivity index (χ3n) is 5.84. The standard InChI is InChI=1S/C18H23F2N3O4S/c19-18(20)4-1-13(9-21)7-16(18)28(24,25)23-11-17(12-23)8-15(10-27-17)22-14-2-5-26-6-3-14/h1,4,7,14-16,22H,2-3,5-6,8,10-12H2. The van der Waals surface area contributed by atoms with Gasteiger partial charge in [0.2, 0.25) is 10.0 Å². The predicted octanol–water partition coefficient (Wildman–Crippen LogP) is 0.952. The second-order valence-electron chi connectivity index (χ2n) is 7.92. The fourth-order valence-corrected chi connectivity index (χ4v) is 6.24. The third kappa shape index (κ3) is 3.62. The Morgan fingerprint density at radius 2 is 1.96 bits per heavy atom. The first-order valence-electron chi connectivity index (χ1n) is 9.40. The van der Waals surface area contributed by atoms with E-state index in [1.54, 1.807) is 6.07 Å². The van der Waals surface area contributed by atoms with Crippen molar-refractivity contribution in [1.29, 1.82) is 5.26 Å². The van der Waals surface area contributed by atoms with E-state index in [2.05, 4.69) is 5.32 Å². The number of ether oxygens (including phenoxy) is 2. The molecule has 10 heteroatoms. The summed E-state index contributed by atoms with van der Waals surface area (Å²) in [5.74, 6) is -3.55. The highest BCUT2D eigenvalue weighted by Gasteiger charge is 2.58. The van der Waals surface area contributed by atoms with Gasteiger partial charge in [-0.1, -0.05) is 0 Å². The lowest BCUT2D eigenvalue weighted by Crippen LogP contribution is -2.66. The van der Waals surface area contributed by atoms with Crippen LogP contribution in [0.15, 0.2) is 23.8 Å². The number of halogens is 2. The number of hydrogen-bond acceptors (Lipinski definition) is 6. The summed E-state index contributed by atoms with van der Waals surface area (Å²) in [4.78, 5) is 0. The highest BCUT2D eigenvalue weighted by atomic mass is 32.2. The first kappa shape index (κ1) is 19.9. The number of rotatable bonds is 4. The lowest BCUT2D eigenvalue weighted by Gasteiger charge is -2.47. The summed E-state index contributed by atoms with van der Waals surface area (Å²) in [6, 6.07) is 2.21. The Morgan fingerprint density at radius 1 is 1.25 bits per heavy atom. The molecule has 3 saturated heterocycles. The lowest BCUT2D eigenvalue weighted by molar-refractivity contribution is -0.0785. The van der Waals surface area contributed by atoms with Crippen LogP contribution in [0.1, 0.15) is 19.3 Å². The molecule has 3 fully saturated rings. The van der Waals surface area contributed by atoms with Gasteiger partial charge in [0.15, 0.2) is 5.25 Å². The van der Waals surface area contributed by atoms with Crippen LogP contribution >= 0.6 is 0 Å². The summed E-state index contributed by atoms with van der Waals surface area (Å²) in [7, 11) is -4.30. The summed E-state index contributed by atoms with van der Waals surface area (Å²) in [6.07, 6.45) is 4.80. The van der Waals surface area contributed by atoms with Crippen molar-refractivity contribution < 1.29 is 26.7 Å². The molecule has 1 N–H and O–H groups in total. The molecule has 4 aliphatic rings. The molecule has 2 unspecified atom stereocenters. The maximum atomic E-state index is 14.2. The van der Waals surface area contributed by atoms with Crippen LogP contribution in [-0.2, 0) is 19.5 Å². The molecule has 3 heterocycles. The first-order chi connectivity index (χ1) is 13.2. The van der Waals surface area contributed by atoms with Crippen molar-refractivity contribution >= 4 is 10.0 Å². The minimum atomic E-state index is -4.30. The normalized spacial score (nSPS) is 32.7. The minimum absolute atomic E-state index is 0.0628. The van der Waals surface area contributed by atoms with Gasteiger partial charge >= 0.3 is 0 Å². The van der Waals surface area contributed by atoms with Crippen molar-refractivity contribution in [3.8, 4) is 6.07 Å². The average Bonchev–Trinajstić information content (AvgIpc) is 3.05. The molecule has 1 spiro atoms. The molecule has 0 bridgehead atoms. The number of nitrogens with one attached hydrogen (secondary N) is 1. The van der Waals surface area contributed by atoms with E-state index >= 15 is 0 Å². The SMILES string of the molecule is N#CC1=CC(S(=O)(=O)N2CC3(CC(NC4CCOCC4)CO3)C2)C(F)(F)C=C1. The minimum Gasteiger partial charge on any atom is -0.381 e. The van der Waals surface area contributed by atoms with Gasteiger partial charge in [-0.15, -0.1) is 0 Å². The van der Waals surface area contributed by atoms with Crippen LogP contribution in [0.4, 0.5) is 8.78 Å². The first-order valence-corrected chi connectivity index (χ1v) is 10.9. The van der Waals surface area contributed by atoms with Gasteiger partial charge in [0.1, 0.15) is 0 Å². The van der Waals surface area contributed by atoms with Crippen LogP contribution in [0, 0.1) is 11.3 Å². The van der Waals surface area contributed by atoms with Gasteiger partial charge in [-0.25, -0.2) is 17.2 Å². The maximum absolute atomic E-state index is 14.2. The maximum Gasteiger partial charge on any atom is 0.288 e. The monoisotopic (exact) mass is 415 g/mol. The molecule has 0 aromatic heterocycles. The zero-order chi connectivity index (χ0) is 20.0. The van der Waals surface area contributed by atoms with Gasteiger partial charge in [0.25, 0.3) is 5.92 Å². The smallest absolute Gasteiger partial charge is 0.288 e. The Bertz CT molecular complexity index is 824. The highest BCUT2D eigenvalue weighted by molar-refractivity contribution is 7.90. The number of nitriles is 1. The number of nitrogens with zero attached hydrogens (tertiary/aromatic N) is 2. The molecular weight excluding hydrogens is 392 g/mol. The molecule has 2 atom stereocenters. The summed E-state index contributed by atoms with van der Waals surface area (Å²) >= 11 is 0. The topological polar surface area (TPSA) is 91.7 Å². The fraction of sp³-hybridized carbons (Fsp3) is 0.722. The summed E-state index contributed by atoms with van der Waals surface area (Å²) in [5.41, 5.74) is -0.690. The van der Waals surface area contributed by atoms with E-state index in [1.165, 1.54) is 0 Å². The van der Waals surface area contributed by atoms with Crippen molar-refractivity contribution in [3.63, 3.8) is 0 Å². The van der Waals surface area contributed by atoms with Crippen molar-refractivity contribution in [1.82, 2.24) is 9.62 Å². The van der Waals surface area contributed by atoms with Crippen molar-refractivity contribution in [2.45, 2.75) is 48.1 Å². The fourth-order valence-electron chi connectivity index (χ4n) is 4.29. The van der Waals surface area contributed by atoms with Gasteiger partial charge in [-0.3, -0.25) is 0 Å². The van der Waals surface area contributed by atoms with Crippen LogP contribution < -0.4 is 5.32 Å². The molecule has 28 heavy (non-hydrogen) atoms. The number of alkyl halides is 2. The summed E-state index contributed by atoms with van der Waals surface area (Å²) < 4.78 is 66.1. The molecule has 0 radical (unpaired) electrons. The summed E-state index contributed by atoms with van der Waals surface area (Å²) in [6.45, 7) is 2.06. The van der Waals surface area contributed by atoms with Gasteiger partial charge < -0.3 is 14.8 Å². The average molecular weight is 415 g/mol. The largest absolute Gasteiger partial charge is 0.381 e. The van der Waals surface area contributed by atoms with Crippen molar-refractivity contribution in [2.75, 3.05) is 32.9 Å². The predicted molar refractivity (Wildman–Crippen MR) is 96.1 cm³/mol. The van der Waals surface area contributed by atoms with Crippen molar-refractivity contribution in [3.05, 3.63) is 23.8 Å². The Labute approximate surface area is 163 Å². The Morgan fingerprint density at radius 3 is 2.64 bits per heavy atom. The third-order valence-corrected chi connectivity index (χ3v) is 7.91. The molecule has 4 rings (SSSR count). The van der Waals surface area contributed by atoms with Crippen LogP contribution in [0.3, 0.4) is 0 Å². The molecule has 1 aliphatic carbocycles. The molecular formula is C18H23F2N3O4S. The zero-order valence-corrected chi connectivity index (χ0v) is 16.1. The van der Waals surface area contributed by atoms with Crippen LogP contribution in [0.5, 0.6) is 0 Å². The second kappa shape index (κ2) is 7.15. The summed E-state index contributed by atoms with van der Waals surface area (Å²) in [5, 5.41) is 10.4. The molecule has 7 nitrogen and oxygen atoms in total. The zero-order valence-electron chi connectivity index (χ0n) is 15.3. The van der Waals surface area contributed by atoms with Crippen LogP contribution in [0.25, 0.3) is 0 Å². The quantitative estimate of drug-likeness (QED) is 0.735. The molecule has 0 aromatic carbocycles. The van der Waals surface area contributed by atoms with Gasteiger partial charge in [0.05, 0.1) is 18.3 Å². The Kier molecular flexibility index (Phi) is 5.08. The van der Waals surface area contributed by atoms with Crippen molar-refractivity contribution in [2.24, 2.45) is 0 Å². The van der Waals surface area contributed by atoms with E-state index < -0.39 is 26.8 Å². The van der Waals surface area contributed by atoms with E-state index in [0.717, 1.165) is 42.5 Å². The molecule has 0 saturated carbocycles. The van der Waals surface area contributed by atoms with E-state index in [0.29, 0.717) is 25.1 Å². The number of allylic oxidation sites excluding steroid dienone is 3. The number of hydrogen-bond donors (Lipinski definition) is 1. The van der Waals surface area contributed by atoms with Crippen LogP contribution in [-0.4, -0.2) is 74.5 Å². The number of sulfonamides is 1. The van der Waals surface area contributed by atoms with Gasteiger partial charge in [-0.05, 0) is 37.5 Å². The van der Waals surface area contributed by atoms with E-state index in [1.807, 2.05) is 0 Å². The second-order valence-corrected chi connectivity index (χ2v) is 9.98. The molecule has 0 aromatic rings. The molecule has 3 aliphatic heterocycles. The Balaban J connectivity index is 1.38. The van der Waals surface area contributed by atoms with Crippen LogP contribution in [0.2, 0.25) is 0 Å². The molecule has 0 amide bonds. The lowest BCUT2D eigenvalue weighted by atomic mass is 9.91.